The molecule has 0 heteroatoms. The molecule has 1 fully saturated rings. The summed E-state index contributed by atoms with van der Waals surface area (Å²) in [5.74, 6) is 1.79. The predicted molar refractivity (Wildman–Crippen MR) is 78.8 cm³/mol. The topological polar surface area (TPSA) is 0 Å². The number of benzene rings is 2. The van der Waals surface area contributed by atoms with Gasteiger partial charge in [-0.2, -0.15) is 0 Å². The van der Waals surface area contributed by atoms with Gasteiger partial charge in [-0.05, 0) is 41.0 Å². The van der Waals surface area contributed by atoms with Gasteiger partial charge >= 0.3 is 0 Å². The van der Waals surface area contributed by atoms with Crippen LogP contribution >= 0.6 is 0 Å². The van der Waals surface area contributed by atoms with Crippen molar-refractivity contribution in [1.29, 1.82) is 0 Å². The quantitative estimate of drug-likeness (QED) is 0.674. The van der Waals surface area contributed by atoms with Crippen molar-refractivity contribution >= 4 is 10.8 Å². The molecule has 0 saturated heterocycles. The van der Waals surface area contributed by atoms with Gasteiger partial charge in [-0.25, -0.2) is 0 Å². The molecule has 1 aliphatic carbocycles. The second-order valence-corrected chi connectivity index (χ2v) is 5.86. The molecule has 2 aromatic rings. The maximum absolute atomic E-state index is 2.44. The van der Waals surface area contributed by atoms with Gasteiger partial charge < -0.3 is 0 Å². The zero-order valence-electron chi connectivity index (χ0n) is 11.2. The molecule has 2 aromatic carbocycles. The molecule has 0 amide bonds. The minimum Gasteiger partial charge on any atom is -0.0622 e. The van der Waals surface area contributed by atoms with Gasteiger partial charge in [0, 0.05) is 0 Å². The van der Waals surface area contributed by atoms with Gasteiger partial charge in [-0.15, -0.1) is 0 Å². The van der Waals surface area contributed by atoms with E-state index in [-0.39, 0.29) is 0 Å². The molecule has 0 radical (unpaired) electrons. The Hall–Kier alpha value is -1.30. The van der Waals surface area contributed by atoms with E-state index in [2.05, 4.69) is 49.4 Å². The Morgan fingerprint density at radius 2 is 1.72 bits per heavy atom. The lowest BCUT2D eigenvalue weighted by Crippen LogP contribution is -2.18. The van der Waals surface area contributed by atoms with Crippen molar-refractivity contribution in [3.63, 3.8) is 0 Å². The van der Waals surface area contributed by atoms with E-state index in [1.165, 1.54) is 42.9 Å². The normalized spacial score (nSPS) is 24.3. The van der Waals surface area contributed by atoms with Crippen molar-refractivity contribution in [2.24, 2.45) is 11.8 Å². The van der Waals surface area contributed by atoms with Crippen LogP contribution in [0.15, 0.2) is 42.5 Å². The van der Waals surface area contributed by atoms with Gasteiger partial charge in [0.25, 0.3) is 0 Å². The van der Waals surface area contributed by atoms with Gasteiger partial charge in [-0.1, -0.05) is 68.7 Å². The molecule has 0 heterocycles. The van der Waals surface area contributed by atoms with E-state index < -0.39 is 0 Å². The lowest BCUT2D eigenvalue weighted by molar-refractivity contribution is 0.255. The van der Waals surface area contributed by atoms with Gasteiger partial charge in [0.2, 0.25) is 0 Å². The predicted octanol–water partition coefficient (Wildman–Crippen LogP) is 5.21. The van der Waals surface area contributed by atoms with Gasteiger partial charge in [0.1, 0.15) is 0 Å². The van der Waals surface area contributed by atoms with E-state index in [9.17, 15) is 0 Å². The third kappa shape index (κ3) is 2.29. The van der Waals surface area contributed by atoms with Crippen LogP contribution in [-0.2, 0) is 6.42 Å². The van der Waals surface area contributed by atoms with Gasteiger partial charge in [-0.3, -0.25) is 0 Å². The maximum atomic E-state index is 2.44. The summed E-state index contributed by atoms with van der Waals surface area (Å²) in [6.45, 7) is 2.44. The molecule has 3 rings (SSSR count). The zero-order chi connectivity index (χ0) is 12.4. The minimum absolute atomic E-state index is 0.893. The summed E-state index contributed by atoms with van der Waals surface area (Å²) in [7, 11) is 0. The molecule has 2 atom stereocenters. The molecule has 0 bridgehead atoms. The summed E-state index contributed by atoms with van der Waals surface area (Å²) in [4.78, 5) is 0. The van der Waals surface area contributed by atoms with E-state index in [0.717, 1.165) is 11.8 Å². The summed E-state index contributed by atoms with van der Waals surface area (Å²) in [6.07, 6.45) is 6.98. The van der Waals surface area contributed by atoms with Crippen molar-refractivity contribution in [1.82, 2.24) is 0 Å². The fourth-order valence-electron chi connectivity index (χ4n) is 3.45. The van der Waals surface area contributed by atoms with Crippen molar-refractivity contribution in [2.75, 3.05) is 0 Å². The molecular weight excluding hydrogens is 216 g/mol. The molecule has 0 N–H and O–H groups in total. The Kier molecular flexibility index (Phi) is 3.36. The summed E-state index contributed by atoms with van der Waals surface area (Å²) < 4.78 is 0. The van der Waals surface area contributed by atoms with Crippen LogP contribution in [0, 0.1) is 11.8 Å². The monoisotopic (exact) mass is 238 g/mol. The third-order valence-electron chi connectivity index (χ3n) is 4.65. The number of hydrogen-bond donors (Lipinski definition) is 0. The highest BCUT2D eigenvalue weighted by atomic mass is 14.3. The number of rotatable bonds is 2. The van der Waals surface area contributed by atoms with Crippen LogP contribution in [0.5, 0.6) is 0 Å². The van der Waals surface area contributed by atoms with Crippen LogP contribution in [0.3, 0.4) is 0 Å². The smallest absolute Gasteiger partial charge is 0.0152 e. The van der Waals surface area contributed by atoms with Gasteiger partial charge in [0.15, 0.2) is 0 Å². The molecule has 1 saturated carbocycles. The zero-order valence-corrected chi connectivity index (χ0v) is 11.2. The molecule has 0 nitrogen and oxygen atoms in total. The Morgan fingerprint density at radius 3 is 2.61 bits per heavy atom. The summed E-state index contributed by atoms with van der Waals surface area (Å²) >= 11 is 0. The first-order valence-electron chi connectivity index (χ1n) is 7.31. The standard InChI is InChI=1S/C18H22/c1-14-7-2-3-9-16(14)13-17-11-6-10-15-8-4-5-12-18(15)17/h4-6,8,10-12,14,16H,2-3,7,9,13H2,1H3. The number of hydrogen-bond acceptors (Lipinski definition) is 0. The van der Waals surface area contributed by atoms with E-state index in [1.54, 1.807) is 5.56 Å². The molecule has 0 aromatic heterocycles. The van der Waals surface area contributed by atoms with Crippen LogP contribution in [0.4, 0.5) is 0 Å². The van der Waals surface area contributed by atoms with Crippen molar-refractivity contribution in [3.05, 3.63) is 48.0 Å². The average molecular weight is 238 g/mol. The minimum atomic E-state index is 0.893. The van der Waals surface area contributed by atoms with Crippen molar-refractivity contribution < 1.29 is 0 Å². The Morgan fingerprint density at radius 1 is 0.944 bits per heavy atom. The largest absolute Gasteiger partial charge is 0.0622 e. The van der Waals surface area contributed by atoms with Crippen LogP contribution in [0.2, 0.25) is 0 Å². The second-order valence-electron chi connectivity index (χ2n) is 5.86. The third-order valence-corrected chi connectivity index (χ3v) is 4.65. The molecular formula is C18H22. The van der Waals surface area contributed by atoms with E-state index in [4.69, 9.17) is 0 Å². The molecule has 0 aliphatic heterocycles. The number of fused-ring (bicyclic) bond motifs is 1. The highest BCUT2D eigenvalue weighted by Crippen LogP contribution is 2.33. The Bertz CT molecular complexity index is 521. The molecule has 2 unspecified atom stereocenters. The SMILES string of the molecule is CC1CCCCC1Cc1cccc2ccccc12. The lowest BCUT2D eigenvalue weighted by atomic mass is 9.77. The first-order chi connectivity index (χ1) is 8.84. The van der Waals surface area contributed by atoms with E-state index in [0.29, 0.717) is 0 Å². The van der Waals surface area contributed by atoms with Crippen molar-refractivity contribution in [2.45, 2.75) is 39.0 Å². The van der Waals surface area contributed by atoms with Crippen LogP contribution in [0.1, 0.15) is 38.2 Å². The lowest BCUT2D eigenvalue weighted by Gasteiger charge is -2.29. The van der Waals surface area contributed by atoms with E-state index >= 15 is 0 Å². The maximum Gasteiger partial charge on any atom is -0.0152 e. The summed E-state index contributed by atoms with van der Waals surface area (Å²) in [5, 5.41) is 2.84. The Balaban J connectivity index is 1.90. The first-order valence-corrected chi connectivity index (χ1v) is 7.31. The fourth-order valence-corrected chi connectivity index (χ4v) is 3.45. The second kappa shape index (κ2) is 5.14. The van der Waals surface area contributed by atoms with E-state index in [1.807, 2.05) is 0 Å². The highest BCUT2D eigenvalue weighted by Gasteiger charge is 2.21. The average Bonchev–Trinajstić information content (AvgIpc) is 2.42. The highest BCUT2D eigenvalue weighted by molar-refractivity contribution is 5.85. The van der Waals surface area contributed by atoms with Crippen LogP contribution < -0.4 is 0 Å². The molecule has 1 aliphatic rings. The fraction of sp³-hybridized carbons (Fsp3) is 0.444. The van der Waals surface area contributed by atoms with Crippen molar-refractivity contribution in [3.8, 4) is 0 Å². The summed E-state index contributed by atoms with van der Waals surface area (Å²) in [6, 6.07) is 15.6. The van der Waals surface area contributed by atoms with Crippen LogP contribution in [0.25, 0.3) is 10.8 Å². The molecule has 18 heavy (non-hydrogen) atoms. The van der Waals surface area contributed by atoms with Gasteiger partial charge in [0.05, 0.1) is 0 Å². The first kappa shape index (κ1) is 11.8. The molecule has 94 valence electrons. The summed E-state index contributed by atoms with van der Waals surface area (Å²) in [5.41, 5.74) is 1.55. The molecule has 0 spiro atoms. The van der Waals surface area contributed by atoms with Crippen LogP contribution in [-0.4, -0.2) is 0 Å². The Labute approximate surface area is 110 Å².